The molecule has 19 heavy (non-hydrogen) atoms. The Labute approximate surface area is 120 Å². The van der Waals surface area contributed by atoms with Crippen molar-refractivity contribution in [2.75, 3.05) is 6.61 Å². The lowest BCUT2D eigenvalue weighted by atomic mass is 10.0. The molecule has 1 N–H and O–H groups in total. The Bertz CT molecular complexity index is 591. The molecule has 0 unspecified atom stereocenters. The van der Waals surface area contributed by atoms with Gasteiger partial charge in [0.25, 0.3) is 0 Å². The highest BCUT2D eigenvalue weighted by Gasteiger charge is 2.14. The molecule has 0 radical (unpaired) electrons. The molecule has 0 aliphatic heterocycles. The van der Waals surface area contributed by atoms with E-state index in [1.165, 1.54) is 6.07 Å². The average molecular weight is 321 g/mol. The second kappa shape index (κ2) is 5.89. The summed E-state index contributed by atoms with van der Waals surface area (Å²) in [6, 6.07) is 11.6. The van der Waals surface area contributed by atoms with Gasteiger partial charge in [0.15, 0.2) is 5.78 Å². The second-order valence-electron chi connectivity index (χ2n) is 3.95. The number of rotatable bonds is 4. The molecule has 0 amide bonds. The van der Waals surface area contributed by atoms with Gasteiger partial charge in [0, 0.05) is 10.0 Å². The predicted octanol–water partition coefficient (Wildman–Crippen LogP) is 3.78. The zero-order valence-electron chi connectivity index (χ0n) is 10.4. The number of aromatic hydroxyl groups is 1. The van der Waals surface area contributed by atoms with E-state index >= 15 is 0 Å². The van der Waals surface area contributed by atoms with Gasteiger partial charge < -0.3 is 9.84 Å². The molecule has 0 saturated heterocycles. The van der Waals surface area contributed by atoms with E-state index in [1.807, 2.05) is 6.92 Å². The van der Waals surface area contributed by atoms with Crippen molar-refractivity contribution in [1.82, 2.24) is 0 Å². The molecule has 98 valence electrons. The molecule has 0 spiro atoms. The van der Waals surface area contributed by atoms with E-state index in [-0.39, 0.29) is 17.1 Å². The summed E-state index contributed by atoms with van der Waals surface area (Å²) < 4.78 is 6.07. The van der Waals surface area contributed by atoms with Crippen molar-refractivity contribution in [3.8, 4) is 11.5 Å². The highest BCUT2D eigenvalue weighted by Crippen LogP contribution is 2.25. The highest BCUT2D eigenvalue weighted by molar-refractivity contribution is 9.10. The predicted molar refractivity (Wildman–Crippen MR) is 76.9 cm³/mol. The number of hydrogen-bond acceptors (Lipinski definition) is 3. The second-order valence-corrected chi connectivity index (χ2v) is 4.86. The standard InChI is InChI=1S/C15H13BrO3/c1-2-19-12-6-3-10(4-7-12)15(18)13-9-11(16)5-8-14(13)17/h3-9,17H,2H2,1H3. The van der Waals surface area contributed by atoms with Crippen molar-refractivity contribution in [2.45, 2.75) is 6.92 Å². The number of halogens is 1. The van der Waals surface area contributed by atoms with Gasteiger partial charge in [-0.2, -0.15) is 0 Å². The number of phenols is 1. The summed E-state index contributed by atoms with van der Waals surface area (Å²) in [4.78, 5) is 12.3. The lowest BCUT2D eigenvalue weighted by Gasteiger charge is -2.06. The van der Waals surface area contributed by atoms with Crippen LogP contribution in [-0.4, -0.2) is 17.5 Å². The largest absolute Gasteiger partial charge is 0.507 e. The van der Waals surface area contributed by atoms with Crippen molar-refractivity contribution in [2.24, 2.45) is 0 Å². The summed E-state index contributed by atoms with van der Waals surface area (Å²) in [5.41, 5.74) is 0.787. The van der Waals surface area contributed by atoms with E-state index in [9.17, 15) is 9.90 Å². The van der Waals surface area contributed by atoms with Crippen molar-refractivity contribution in [1.29, 1.82) is 0 Å². The van der Waals surface area contributed by atoms with Gasteiger partial charge >= 0.3 is 0 Å². The Kier molecular flexibility index (Phi) is 4.22. The van der Waals surface area contributed by atoms with Crippen LogP contribution in [0.25, 0.3) is 0 Å². The number of phenolic OH excluding ortho intramolecular Hbond substituents is 1. The minimum Gasteiger partial charge on any atom is -0.507 e. The number of carbonyl (C=O) groups excluding carboxylic acids is 1. The summed E-state index contributed by atoms with van der Waals surface area (Å²) in [6.45, 7) is 2.48. The van der Waals surface area contributed by atoms with Crippen LogP contribution in [0.5, 0.6) is 11.5 Å². The maximum atomic E-state index is 12.3. The monoisotopic (exact) mass is 320 g/mol. The molecule has 0 aliphatic carbocycles. The van der Waals surface area contributed by atoms with E-state index in [2.05, 4.69) is 15.9 Å². The van der Waals surface area contributed by atoms with Crippen molar-refractivity contribution in [3.05, 3.63) is 58.1 Å². The molecule has 0 atom stereocenters. The highest BCUT2D eigenvalue weighted by atomic mass is 79.9. The molecule has 0 bridgehead atoms. The van der Waals surface area contributed by atoms with E-state index in [0.717, 1.165) is 10.2 Å². The fraction of sp³-hybridized carbons (Fsp3) is 0.133. The maximum absolute atomic E-state index is 12.3. The van der Waals surface area contributed by atoms with Crippen LogP contribution in [0.1, 0.15) is 22.8 Å². The van der Waals surface area contributed by atoms with Gasteiger partial charge in [-0.3, -0.25) is 4.79 Å². The number of benzene rings is 2. The third kappa shape index (κ3) is 3.15. The van der Waals surface area contributed by atoms with Crippen molar-refractivity contribution < 1.29 is 14.6 Å². The van der Waals surface area contributed by atoms with Crippen molar-refractivity contribution >= 4 is 21.7 Å². The van der Waals surface area contributed by atoms with Gasteiger partial charge in [-0.25, -0.2) is 0 Å². The third-order valence-electron chi connectivity index (χ3n) is 2.63. The van der Waals surface area contributed by atoms with Gasteiger partial charge in [0.05, 0.1) is 12.2 Å². The summed E-state index contributed by atoms with van der Waals surface area (Å²) >= 11 is 3.29. The lowest BCUT2D eigenvalue weighted by Crippen LogP contribution is -2.02. The molecule has 2 aromatic carbocycles. The SMILES string of the molecule is CCOc1ccc(C(=O)c2cc(Br)ccc2O)cc1. The molecule has 0 heterocycles. The minimum atomic E-state index is -0.221. The summed E-state index contributed by atoms with van der Waals surface area (Å²) in [6.07, 6.45) is 0. The first-order chi connectivity index (χ1) is 9.11. The summed E-state index contributed by atoms with van der Waals surface area (Å²) in [5, 5.41) is 9.74. The molecule has 4 heteroatoms. The third-order valence-corrected chi connectivity index (χ3v) is 3.12. The van der Waals surface area contributed by atoms with Crippen LogP contribution in [0, 0.1) is 0 Å². The van der Waals surface area contributed by atoms with Crippen LogP contribution in [-0.2, 0) is 0 Å². The number of ether oxygens (including phenoxy) is 1. The summed E-state index contributed by atoms with van der Waals surface area (Å²) in [7, 11) is 0. The smallest absolute Gasteiger partial charge is 0.196 e. The normalized spacial score (nSPS) is 10.2. The van der Waals surface area contributed by atoms with Gasteiger partial charge in [-0.05, 0) is 49.4 Å². The van der Waals surface area contributed by atoms with Gasteiger partial charge in [0.1, 0.15) is 11.5 Å². The molecule has 0 aliphatic rings. The van der Waals surface area contributed by atoms with E-state index in [0.29, 0.717) is 12.2 Å². The Morgan fingerprint density at radius 3 is 2.53 bits per heavy atom. The van der Waals surface area contributed by atoms with Gasteiger partial charge in [-0.15, -0.1) is 0 Å². The van der Waals surface area contributed by atoms with Crippen LogP contribution >= 0.6 is 15.9 Å². The number of carbonyl (C=O) groups is 1. The van der Waals surface area contributed by atoms with E-state index in [1.54, 1.807) is 36.4 Å². The maximum Gasteiger partial charge on any atom is 0.196 e. The fourth-order valence-corrected chi connectivity index (χ4v) is 2.08. The number of hydrogen-bond donors (Lipinski definition) is 1. The molecule has 3 nitrogen and oxygen atoms in total. The molecule has 0 fully saturated rings. The first-order valence-electron chi connectivity index (χ1n) is 5.88. The van der Waals surface area contributed by atoms with E-state index in [4.69, 9.17) is 4.74 Å². The summed E-state index contributed by atoms with van der Waals surface area (Å²) in [5.74, 6) is 0.474. The zero-order chi connectivity index (χ0) is 13.8. The Hall–Kier alpha value is -1.81. The Morgan fingerprint density at radius 2 is 1.89 bits per heavy atom. The minimum absolute atomic E-state index is 0.0258. The van der Waals surface area contributed by atoms with Crippen LogP contribution in [0.4, 0.5) is 0 Å². The average Bonchev–Trinajstić information content (AvgIpc) is 2.42. The van der Waals surface area contributed by atoms with Crippen molar-refractivity contribution in [3.63, 3.8) is 0 Å². The topological polar surface area (TPSA) is 46.5 Å². The number of ketones is 1. The lowest BCUT2D eigenvalue weighted by molar-refractivity contribution is 0.103. The van der Waals surface area contributed by atoms with Crippen LogP contribution in [0.3, 0.4) is 0 Å². The van der Waals surface area contributed by atoms with E-state index < -0.39 is 0 Å². The molecular weight excluding hydrogens is 308 g/mol. The van der Waals surface area contributed by atoms with Crippen LogP contribution in [0.15, 0.2) is 46.9 Å². The van der Waals surface area contributed by atoms with Gasteiger partial charge in [-0.1, -0.05) is 15.9 Å². The first kappa shape index (κ1) is 13.6. The molecular formula is C15H13BrO3. The zero-order valence-corrected chi connectivity index (χ0v) is 12.0. The molecule has 0 saturated carbocycles. The van der Waals surface area contributed by atoms with Gasteiger partial charge in [0.2, 0.25) is 0 Å². The van der Waals surface area contributed by atoms with Crippen LogP contribution in [0.2, 0.25) is 0 Å². The quantitative estimate of drug-likeness (QED) is 0.872. The van der Waals surface area contributed by atoms with Crippen LogP contribution < -0.4 is 4.74 Å². The Morgan fingerprint density at radius 1 is 1.21 bits per heavy atom. The molecule has 0 aromatic heterocycles. The molecule has 2 rings (SSSR count). The molecule has 2 aromatic rings. The first-order valence-corrected chi connectivity index (χ1v) is 6.67. The fourth-order valence-electron chi connectivity index (χ4n) is 1.71. The Balaban J connectivity index is 2.30.